The van der Waals surface area contributed by atoms with Crippen molar-refractivity contribution in [3.05, 3.63) is 52.7 Å². The van der Waals surface area contributed by atoms with E-state index >= 15 is 0 Å². The standard InChI is InChI=1S/C28H33N5O5S/c1-36-23-9-7-20(17-24(23)37-2)22-8-10-26(30-29-22)31-11-13-32(14-12-31)27(34)19-33(18-21-5-3-15-38-21)28(35)25-6-4-16-39-25/h4,6-10,16-17,21H,3,5,11-15,18-19H2,1-2H3/t21-/m0/s1. The van der Waals surface area contributed by atoms with Crippen molar-refractivity contribution in [2.24, 2.45) is 0 Å². The van der Waals surface area contributed by atoms with E-state index in [-0.39, 0.29) is 24.5 Å². The lowest BCUT2D eigenvalue weighted by molar-refractivity contribution is -0.132. The van der Waals surface area contributed by atoms with Gasteiger partial charge in [0, 0.05) is 44.9 Å². The minimum atomic E-state index is -0.114. The Labute approximate surface area is 232 Å². The van der Waals surface area contributed by atoms with Gasteiger partial charge >= 0.3 is 0 Å². The number of rotatable bonds is 9. The van der Waals surface area contributed by atoms with Gasteiger partial charge in [0.05, 0.1) is 30.9 Å². The Morgan fingerprint density at radius 2 is 1.87 bits per heavy atom. The average molecular weight is 552 g/mol. The molecule has 0 saturated carbocycles. The van der Waals surface area contributed by atoms with Crippen LogP contribution in [-0.4, -0.2) is 98.0 Å². The van der Waals surface area contributed by atoms with Gasteiger partial charge < -0.3 is 28.9 Å². The molecule has 5 rings (SSSR count). The number of anilines is 1. The number of nitrogens with zero attached hydrogens (tertiary/aromatic N) is 5. The van der Waals surface area contributed by atoms with Gasteiger partial charge in [0.15, 0.2) is 17.3 Å². The predicted molar refractivity (Wildman–Crippen MR) is 149 cm³/mol. The summed E-state index contributed by atoms with van der Waals surface area (Å²) in [5, 5.41) is 10.7. The highest BCUT2D eigenvalue weighted by Crippen LogP contribution is 2.31. The predicted octanol–water partition coefficient (Wildman–Crippen LogP) is 3.19. The van der Waals surface area contributed by atoms with E-state index in [1.54, 1.807) is 25.2 Å². The van der Waals surface area contributed by atoms with Crippen LogP contribution in [0, 0.1) is 0 Å². The monoisotopic (exact) mass is 551 g/mol. The molecule has 2 saturated heterocycles. The summed E-state index contributed by atoms with van der Waals surface area (Å²) in [7, 11) is 3.20. The van der Waals surface area contributed by atoms with E-state index < -0.39 is 0 Å². The molecule has 0 N–H and O–H groups in total. The third-order valence-electron chi connectivity index (χ3n) is 7.08. The summed E-state index contributed by atoms with van der Waals surface area (Å²) in [6, 6.07) is 13.2. The fraction of sp³-hybridized carbons (Fsp3) is 0.429. The van der Waals surface area contributed by atoms with E-state index in [2.05, 4.69) is 15.1 Å². The van der Waals surface area contributed by atoms with Crippen LogP contribution in [0.4, 0.5) is 5.82 Å². The Bertz CT molecular complexity index is 1260. The van der Waals surface area contributed by atoms with Gasteiger partial charge in [-0.15, -0.1) is 21.5 Å². The summed E-state index contributed by atoms with van der Waals surface area (Å²) in [5.41, 5.74) is 1.61. The normalized spacial score (nSPS) is 17.2. The summed E-state index contributed by atoms with van der Waals surface area (Å²) in [6.07, 6.45) is 1.88. The van der Waals surface area contributed by atoms with Crippen LogP contribution < -0.4 is 14.4 Å². The van der Waals surface area contributed by atoms with E-state index in [9.17, 15) is 9.59 Å². The number of amides is 2. The van der Waals surface area contributed by atoms with E-state index in [4.69, 9.17) is 14.2 Å². The molecule has 2 amide bonds. The summed E-state index contributed by atoms with van der Waals surface area (Å²) in [6.45, 7) is 3.58. The Morgan fingerprint density at radius 1 is 1.05 bits per heavy atom. The molecular formula is C28H33N5O5S. The minimum Gasteiger partial charge on any atom is -0.493 e. The highest BCUT2D eigenvalue weighted by molar-refractivity contribution is 7.12. The van der Waals surface area contributed by atoms with Gasteiger partial charge in [0.25, 0.3) is 5.91 Å². The zero-order valence-electron chi connectivity index (χ0n) is 22.2. The van der Waals surface area contributed by atoms with Gasteiger partial charge in [-0.1, -0.05) is 6.07 Å². The second-order valence-corrected chi connectivity index (χ2v) is 10.5. The fourth-order valence-electron chi connectivity index (χ4n) is 4.90. The first-order chi connectivity index (χ1) is 19.1. The number of hydrogen-bond donors (Lipinski definition) is 0. The first kappa shape index (κ1) is 26.9. The maximum Gasteiger partial charge on any atom is 0.264 e. The SMILES string of the molecule is COc1ccc(-c2ccc(N3CCN(C(=O)CN(C[C@@H]4CCCO4)C(=O)c4cccs4)CC3)nn2)cc1OC. The zero-order valence-corrected chi connectivity index (χ0v) is 23.1. The molecular weight excluding hydrogens is 518 g/mol. The van der Waals surface area contributed by atoms with E-state index in [0.717, 1.165) is 29.9 Å². The van der Waals surface area contributed by atoms with Crippen LogP contribution in [-0.2, 0) is 9.53 Å². The van der Waals surface area contributed by atoms with Crippen LogP contribution in [0.25, 0.3) is 11.3 Å². The molecule has 2 aromatic heterocycles. The summed E-state index contributed by atoms with van der Waals surface area (Å²) < 4.78 is 16.5. The molecule has 2 aliphatic rings. The Morgan fingerprint density at radius 3 is 2.51 bits per heavy atom. The molecule has 1 atom stereocenters. The van der Waals surface area contributed by atoms with E-state index in [1.807, 2.05) is 46.7 Å². The fourth-order valence-corrected chi connectivity index (χ4v) is 5.59. The average Bonchev–Trinajstić information content (AvgIpc) is 3.71. The first-order valence-electron chi connectivity index (χ1n) is 13.1. The molecule has 0 radical (unpaired) electrons. The van der Waals surface area contributed by atoms with Crippen LogP contribution in [0.15, 0.2) is 47.8 Å². The third-order valence-corrected chi connectivity index (χ3v) is 7.94. The van der Waals surface area contributed by atoms with Crippen molar-refractivity contribution in [3.8, 4) is 22.8 Å². The molecule has 206 valence electrons. The van der Waals surface area contributed by atoms with Crippen LogP contribution in [0.5, 0.6) is 11.5 Å². The van der Waals surface area contributed by atoms with Gasteiger partial charge in [-0.25, -0.2) is 0 Å². The Balaban J connectivity index is 1.18. The lowest BCUT2D eigenvalue weighted by Crippen LogP contribution is -2.52. The zero-order chi connectivity index (χ0) is 27.2. The molecule has 3 aromatic rings. The summed E-state index contributed by atoms with van der Waals surface area (Å²) in [5.74, 6) is 1.89. The molecule has 39 heavy (non-hydrogen) atoms. The number of hydrogen-bond acceptors (Lipinski definition) is 9. The molecule has 10 nitrogen and oxygen atoms in total. The molecule has 2 aliphatic heterocycles. The minimum absolute atomic E-state index is 0.0147. The number of piperazine rings is 1. The van der Waals surface area contributed by atoms with Crippen LogP contribution in [0.2, 0.25) is 0 Å². The van der Waals surface area contributed by atoms with Crippen molar-refractivity contribution >= 4 is 29.0 Å². The number of carbonyl (C=O) groups is 2. The summed E-state index contributed by atoms with van der Waals surface area (Å²) in [4.78, 5) is 32.6. The van der Waals surface area contributed by atoms with Crippen molar-refractivity contribution in [1.82, 2.24) is 20.0 Å². The van der Waals surface area contributed by atoms with Crippen molar-refractivity contribution in [1.29, 1.82) is 0 Å². The molecule has 2 fully saturated rings. The van der Waals surface area contributed by atoms with E-state index in [1.165, 1.54) is 11.3 Å². The first-order valence-corrected chi connectivity index (χ1v) is 14.0. The molecule has 0 aliphatic carbocycles. The Kier molecular flexibility index (Phi) is 8.58. The lowest BCUT2D eigenvalue weighted by Gasteiger charge is -2.36. The van der Waals surface area contributed by atoms with Gasteiger partial charge in [-0.3, -0.25) is 9.59 Å². The molecule has 4 heterocycles. The quantitative estimate of drug-likeness (QED) is 0.400. The maximum absolute atomic E-state index is 13.2. The summed E-state index contributed by atoms with van der Waals surface area (Å²) >= 11 is 1.39. The maximum atomic E-state index is 13.2. The van der Waals surface area contributed by atoms with Crippen molar-refractivity contribution in [3.63, 3.8) is 0 Å². The second kappa shape index (κ2) is 12.4. The van der Waals surface area contributed by atoms with Crippen molar-refractivity contribution in [2.75, 3.05) is 65.0 Å². The molecule has 0 spiro atoms. The molecule has 0 unspecified atom stereocenters. The van der Waals surface area contributed by atoms with Crippen LogP contribution in [0.1, 0.15) is 22.5 Å². The number of ether oxygens (including phenoxy) is 3. The largest absolute Gasteiger partial charge is 0.493 e. The molecule has 11 heteroatoms. The second-order valence-electron chi connectivity index (χ2n) is 9.51. The van der Waals surface area contributed by atoms with Crippen molar-refractivity contribution < 1.29 is 23.8 Å². The van der Waals surface area contributed by atoms with Gasteiger partial charge in [0.1, 0.15) is 6.54 Å². The topological polar surface area (TPSA) is 97.3 Å². The van der Waals surface area contributed by atoms with Crippen LogP contribution in [0.3, 0.4) is 0 Å². The number of methoxy groups -OCH3 is 2. The highest BCUT2D eigenvalue weighted by atomic mass is 32.1. The van der Waals surface area contributed by atoms with Gasteiger partial charge in [-0.2, -0.15) is 0 Å². The van der Waals surface area contributed by atoms with E-state index in [0.29, 0.717) is 55.7 Å². The third kappa shape index (κ3) is 6.31. The number of carbonyl (C=O) groups excluding carboxylic acids is 2. The highest BCUT2D eigenvalue weighted by Gasteiger charge is 2.29. The van der Waals surface area contributed by atoms with Gasteiger partial charge in [-0.05, 0) is 54.6 Å². The number of aromatic nitrogens is 2. The Hall–Kier alpha value is -3.70. The van der Waals surface area contributed by atoms with Crippen molar-refractivity contribution in [2.45, 2.75) is 18.9 Å². The molecule has 1 aromatic carbocycles. The lowest BCUT2D eigenvalue weighted by atomic mass is 10.1. The number of thiophene rings is 1. The smallest absolute Gasteiger partial charge is 0.264 e. The number of benzene rings is 1. The van der Waals surface area contributed by atoms with Crippen LogP contribution >= 0.6 is 11.3 Å². The van der Waals surface area contributed by atoms with Gasteiger partial charge in [0.2, 0.25) is 5.91 Å². The molecule has 0 bridgehead atoms.